The van der Waals surface area contributed by atoms with Crippen molar-refractivity contribution in [2.24, 2.45) is 0 Å². The molecule has 17 heavy (non-hydrogen) atoms. The molecule has 3 heteroatoms. The number of aryl methyl sites for hydroxylation is 1. The van der Waals surface area contributed by atoms with E-state index >= 15 is 0 Å². The monoisotopic (exact) mass is 242 g/mol. The normalized spacial score (nSPS) is 10.9. The van der Waals surface area contributed by atoms with Gasteiger partial charge in [0.05, 0.1) is 16.1 Å². The number of nitrogens with one attached hydrogen (secondary N) is 1. The van der Waals surface area contributed by atoms with Gasteiger partial charge in [-0.3, -0.25) is 4.98 Å². The van der Waals surface area contributed by atoms with E-state index < -0.39 is 0 Å². The molecule has 0 atom stereocenters. The van der Waals surface area contributed by atoms with Crippen LogP contribution in [-0.4, -0.2) is 9.97 Å². The number of aromatic amines is 1. The summed E-state index contributed by atoms with van der Waals surface area (Å²) in [5.41, 5.74) is 5.23. The molecule has 2 aromatic heterocycles. The minimum Gasteiger partial charge on any atom is -0.352 e. The SMILES string of the molecule is Cc1ccc(-c2cc3nccc(Cl)c3[nH]2)cc1. The van der Waals surface area contributed by atoms with Crippen molar-refractivity contribution in [2.75, 3.05) is 0 Å². The molecule has 3 aromatic rings. The summed E-state index contributed by atoms with van der Waals surface area (Å²) in [7, 11) is 0. The molecule has 3 rings (SSSR count). The second-order valence-corrected chi connectivity index (χ2v) is 4.51. The molecule has 0 radical (unpaired) electrons. The molecular weight excluding hydrogens is 232 g/mol. The van der Waals surface area contributed by atoms with Gasteiger partial charge in [0.15, 0.2) is 0 Å². The van der Waals surface area contributed by atoms with Crippen molar-refractivity contribution in [1.29, 1.82) is 0 Å². The predicted octanol–water partition coefficient (Wildman–Crippen LogP) is 4.19. The second-order valence-electron chi connectivity index (χ2n) is 4.10. The molecule has 0 bridgehead atoms. The van der Waals surface area contributed by atoms with Crippen LogP contribution in [0.25, 0.3) is 22.3 Å². The lowest BCUT2D eigenvalue weighted by Crippen LogP contribution is -1.77. The summed E-state index contributed by atoms with van der Waals surface area (Å²) in [4.78, 5) is 7.60. The van der Waals surface area contributed by atoms with Crippen LogP contribution in [-0.2, 0) is 0 Å². The van der Waals surface area contributed by atoms with Gasteiger partial charge in [0.2, 0.25) is 0 Å². The van der Waals surface area contributed by atoms with Gasteiger partial charge >= 0.3 is 0 Å². The number of benzene rings is 1. The number of hydrogen-bond donors (Lipinski definition) is 1. The summed E-state index contributed by atoms with van der Waals surface area (Å²) in [5.74, 6) is 0. The summed E-state index contributed by atoms with van der Waals surface area (Å²) in [6.07, 6.45) is 1.72. The lowest BCUT2D eigenvalue weighted by molar-refractivity contribution is 1.40. The van der Waals surface area contributed by atoms with E-state index in [2.05, 4.69) is 41.2 Å². The van der Waals surface area contributed by atoms with Crippen molar-refractivity contribution in [3.8, 4) is 11.3 Å². The molecule has 0 fully saturated rings. The Balaban J connectivity index is 2.18. The van der Waals surface area contributed by atoms with E-state index in [1.807, 2.05) is 6.07 Å². The van der Waals surface area contributed by atoms with Crippen LogP contribution in [0.4, 0.5) is 0 Å². The zero-order valence-electron chi connectivity index (χ0n) is 9.37. The standard InChI is InChI=1S/C14H11ClN2/c1-9-2-4-10(5-3-9)12-8-13-14(17-12)11(15)6-7-16-13/h2-8,17H,1H3. The molecule has 1 aromatic carbocycles. The Morgan fingerprint density at radius 3 is 2.59 bits per heavy atom. The second kappa shape index (κ2) is 3.90. The average Bonchev–Trinajstić information content (AvgIpc) is 2.75. The first kappa shape index (κ1) is 10.4. The molecule has 0 aliphatic heterocycles. The van der Waals surface area contributed by atoms with E-state index in [4.69, 9.17) is 11.6 Å². The highest BCUT2D eigenvalue weighted by molar-refractivity contribution is 6.34. The molecule has 2 heterocycles. The molecule has 1 N–H and O–H groups in total. The Hall–Kier alpha value is -1.80. The average molecular weight is 243 g/mol. The Labute approximate surface area is 104 Å². The maximum Gasteiger partial charge on any atom is 0.0900 e. The van der Waals surface area contributed by atoms with Crippen molar-refractivity contribution in [1.82, 2.24) is 9.97 Å². The number of H-pyrrole nitrogens is 1. The number of hydrogen-bond acceptors (Lipinski definition) is 1. The summed E-state index contributed by atoms with van der Waals surface area (Å²) in [5, 5.41) is 0.702. The molecule has 0 saturated carbocycles. The fourth-order valence-electron chi connectivity index (χ4n) is 1.88. The van der Waals surface area contributed by atoms with Gasteiger partial charge in [0.25, 0.3) is 0 Å². The lowest BCUT2D eigenvalue weighted by Gasteiger charge is -1.98. The van der Waals surface area contributed by atoms with Crippen molar-refractivity contribution in [2.45, 2.75) is 6.92 Å². The third-order valence-corrected chi connectivity index (χ3v) is 3.15. The minimum absolute atomic E-state index is 0.702. The van der Waals surface area contributed by atoms with Gasteiger partial charge in [-0.05, 0) is 24.6 Å². The van der Waals surface area contributed by atoms with Crippen LogP contribution in [0.2, 0.25) is 5.02 Å². The highest BCUT2D eigenvalue weighted by Gasteiger charge is 2.06. The van der Waals surface area contributed by atoms with Crippen LogP contribution >= 0.6 is 11.6 Å². The Bertz CT molecular complexity index is 668. The number of halogens is 1. The van der Waals surface area contributed by atoms with Crippen molar-refractivity contribution >= 4 is 22.6 Å². The van der Waals surface area contributed by atoms with Gasteiger partial charge in [0, 0.05) is 11.9 Å². The van der Waals surface area contributed by atoms with E-state index in [9.17, 15) is 0 Å². The quantitative estimate of drug-likeness (QED) is 0.681. The molecule has 84 valence electrons. The first-order valence-electron chi connectivity index (χ1n) is 5.44. The number of pyridine rings is 1. The van der Waals surface area contributed by atoms with E-state index in [-0.39, 0.29) is 0 Å². The first-order chi connectivity index (χ1) is 8.24. The Kier molecular flexibility index (Phi) is 2.37. The molecule has 0 aliphatic carbocycles. The minimum atomic E-state index is 0.702. The topological polar surface area (TPSA) is 28.7 Å². The van der Waals surface area contributed by atoms with Gasteiger partial charge in [-0.25, -0.2) is 0 Å². The van der Waals surface area contributed by atoms with Gasteiger partial charge in [0.1, 0.15) is 0 Å². The number of rotatable bonds is 1. The van der Waals surface area contributed by atoms with E-state index in [1.165, 1.54) is 5.56 Å². The summed E-state index contributed by atoms with van der Waals surface area (Å²) in [6, 6.07) is 12.2. The molecule has 0 amide bonds. The van der Waals surface area contributed by atoms with E-state index in [0.29, 0.717) is 5.02 Å². The van der Waals surface area contributed by atoms with Crippen LogP contribution in [0.5, 0.6) is 0 Å². The summed E-state index contributed by atoms with van der Waals surface area (Å²) in [6.45, 7) is 2.08. The van der Waals surface area contributed by atoms with Crippen LogP contribution in [0.15, 0.2) is 42.6 Å². The van der Waals surface area contributed by atoms with Gasteiger partial charge in [-0.15, -0.1) is 0 Å². The third kappa shape index (κ3) is 1.81. The Morgan fingerprint density at radius 1 is 1.12 bits per heavy atom. The maximum absolute atomic E-state index is 6.11. The predicted molar refractivity (Wildman–Crippen MR) is 71.3 cm³/mol. The van der Waals surface area contributed by atoms with Gasteiger partial charge in [-0.2, -0.15) is 0 Å². The number of nitrogens with zero attached hydrogens (tertiary/aromatic N) is 1. The zero-order chi connectivity index (χ0) is 11.8. The van der Waals surface area contributed by atoms with Crippen molar-refractivity contribution < 1.29 is 0 Å². The number of aromatic nitrogens is 2. The van der Waals surface area contributed by atoms with Crippen LogP contribution < -0.4 is 0 Å². The highest BCUT2D eigenvalue weighted by Crippen LogP contribution is 2.27. The molecule has 0 aliphatic rings. The molecule has 0 unspecified atom stereocenters. The van der Waals surface area contributed by atoms with E-state index in [0.717, 1.165) is 22.3 Å². The molecule has 0 saturated heterocycles. The van der Waals surface area contributed by atoms with Crippen LogP contribution in [0.1, 0.15) is 5.56 Å². The van der Waals surface area contributed by atoms with Crippen molar-refractivity contribution in [3.63, 3.8) is 0 Å². The third-order valence-electron chi connectivity index (χ3n) is 2.83. The molecule has 2 nitrogen and oxygen atoms in total. The fourth-order valence-corrected chi connectivity index (χ4v) is 2.08. The van der Waals surface area contributed by atoms with E-state index in [1.54, 1.807) is 12.3 Å². The number of fused-ring (bicyclic) bond motifs is 1. The summed E-state index contributed by atoms with van der Waals surface area (Å²) < 4.78 is 0. The Morgan fingerprint density at radius 2 is 1.88 bits per heavy atom. The maximum atomic E-state index is 6.11. The first-order valence-corrected chi connectivity index (χ1v) is 5.82. The summed E-state index contributed by atoms with van der Waals surface area (Å²) >= 11 is 6.11. The van der Waals surface area contributed by atoms with Crippen molar-refractivity contribution in [3.05, 3.63) is 53.2 Å². The van der Waals surface area contributed by atoms with Crippen LogP contribution in [0, 0.1) is 6.92 Å². The molecule has 0 spiro atoms. The zero-order valence-corrected chi connectivity index (χ0v) is 10.1. The smallest absolute Gasteiger partial charge is 0.0900 e. The fraction of sp³-hybridized carbons (Fsp3) is 0.0714. The highest BCUT2D eigenvalue weighted by atomic mass is 35.5. The lowest BCUT2D eigenvalue weighted by atomic mass is 10.1. The van der Waals surface area contributed by atoms with Gasteiger partial charge in [-0.1, -0.05) is 41.4 Å². The largest absolute Gasteiger partial charge is 0.352 e. The van der Waals surface area contributed by atoms with Crippen LogP contribution in [0.3, 0.4) is 0 Å². The molecular formula is C14H11ClN2. The van der Waals surface area contributed by atoms with Gasteiger partial charge < -0.3 is 4.98 Å².